The molecule has 0 bridgehead atoms. The molecule has 0 saturated carbocycles. The number of anilines is 1. The summed E-state index contributed by atoms with van der Waals surface area (Å²) in [6.07, 6.45) is 38.9. The first kappa shape index (κ1) is 39.2. The van der Waals surface area contributed by atoms with E-state index in [4.69, 9.17) is 4.74 Å². The lowest BCUT2D eigenvalue weighted by Crippen LogP contribution is -2.09. The van der Waals surface area contributed by atoms with E-state index in [9.17, 15) is 0 Å². The number of hydrogen-bond acceptors (Lipinski definition) is 2. The van der Waals surface area contributed by atoms with E-state index < -0.39 is 0 Å². The molecule has 2 rings (SSSR count). The molecule has 256 valence electrons. The molecule has 0 aliphatic heterocycles. The van der Waals surface area contributed by atoms with Crippen molar-refractivity contribution in [1.29, 1.82) is 0 Å². The van der Waals surface area contributed by atoms with Gasteiger partial charge in [-0.2, -0.15) is 0 Å². The molecule has 0 heterocycles. The molecule has 0 fully saturated rings. The van der Waals surface area contributed by atoms with Gasteiger partial charge in [0.15, 0.2) is 6.73 Å². The van der Waals surface area contributed by atoms with Crippen LogP contribution in [0.4, 0.5) is 5.69 Å². The lowest BCUT2D eigenvalue weighted by molar-refractivity contribution is 0.346. The zero-order chi connectivity index (χ0) is 31.9. The molecule has 1 N–H and O–H groups in total. The molecule has 0 atom stereocenters. The fourth-order valence-corrected chi connectivity index (χ4v) is 6.52. The van der Waals surface area contributed by atoms with Gasteiger partial charge in [0.05, 0.1) is 0 Å². The molecule has 0 aliphatic rings. The van der Waals surface area contributed by atoms with Crippen molar-refractivity contribution in [2.24, 2.45) is 0 Å². The summed E-state index contributed by atoms with van der Waals surface area (Å²) in [7, 11) is 0. The van der Waals surface area contributed by atoms with Gasteiger partial charge in [-0.3, -0.25) is 0 Å². The van der Waals surface area contributed by atoms with Gasteiger partial charge in [0.1, 0.15) is 5.75 Å². The van der Waals surface area contributed by atoms with Crippen molar-refractivity contribution in [3.8, 4) is 5.75 Å². The number of aryl methyl sites for hydroxylation is 2. The summed E-state index contributed by atoms with van der Waals surface area (Å²) in [4.78, 5) is 0. The number of benzene rings is 2. The van der Waals surface area contributed by atoms with Gasteiger partial charge in [0.2, 0.25) is 0 Å². The fraction of sp³-hybridized carbons (Fsp3) is 0.721. The quantitative estimate of drug-likeness (QED) is 0.0650. The Labute approximate surface area is 280 Å². The maximum Gasteiger partial charge on any atom is 0.159 e. The molecule has 0 saturated heterocycles. The molecule has 0 aliphatic carbocycles. The molecule has 2 aromatic rings. The van der Waals surface area contributed by atoms with Gasteiger partial charge in [0, 0.05) is 5.69 Å². The molecule has 0 unspecified atom stereocenters. The van der Waals surface area contributed by atoms with Crippen LogP contribution >= 0.6 is 0 Å². The van der Waals surface area contributed by atoms with Crippen molar-refractivity contribution in [3.05, 3.63) is 59.7 Å². The number of hydrogen-bond donors (Lipinski definition) is 1. The van der Waals surface area contributed by atoms with Gasteiger partial charge >= 0.3 is 0 Å². The Balaban J connectivity index is 1.46. The van der Waals surface area contributed by atoms with E-state index in [1.807, 2.05) is 0 Å². The van der Waals surface area contributed by atoms with E-state index in [0.29, 0.717) is 6.73 Å². The van der Waals surface area contributed by atoms with Gasteiger partial charge in [-0.25, -0.2) is 0 Å². The summed E-state index contributed by atoms with van der Waals surface area (Å²) in [6, 6.07) is 17.6. The van der Waals surface area contributed by atoms with Gasteiger partial charge in [-0.05, 0) is 61.1 Å². The number of ether oxygens (including phenoxy) is 1. The minimum atomic E-state index is 0.504. The van der Waals surface area contributed by atoms with Gasteiger partial charge in [-0.1, -0.05) is 192 Å². The minimum absolute atomic E-state index is 0.504. The normalized spacial score (nSPS) is 11.2. The van der Waals surface area contributed by atoms with Crippen molar-refractivity contribution in [3.63, 3.8) is 0 Å². The third-order valence-corrected chi connectivity index (χ3v) is 9.48. The highest BCUT2D eigenvalue weighted by molar-refractivity contribution is 5.45. The average Bonchev–Trinajstić information content (AvgIpc) is 3.06. The van der Waals surface area contributed by atoms with Crippen molar-refractivity contribution in [1.82, 2.24) is 0 Å². The zero-order valence-electron chi connectivity index (χ0n) is 30.0. The first-order chi connectivity index (χ1) is 22.3. The van der Waals surface area contributed by atoms with Crippen LogP contribution in [0.15, 0.2) is 48.5 Å². The van der Waals surface area contributed by atoms with Crippen molar-refractivity contribution < 1.29 is 4.74 Å². The lowest BCUT2D eigenvalue weighted by Gasteiger charge is -2.11. The molecule has 0 amide bonds. The van der Waals surface area contributed by atoms with Gasteiger partial charge in [0.25, 0.3) is 0 Å². The molecule has 0 spiro atoms. The van der Waals surface area contributed by atoms with Crippen LogP contribution in [0, 0.1) is 0 Å². The largest absolute Gasteiger partial charge is 0.473 e. The molecule has 2 aromatic carbocycles. The molecular weight excluding hydrogens is 546 g/mol. The SMILES string of the molecule is CCCCCCCCCCCCCCCc1cccc(NCOc2cccc(CCCCCCCCCCCCCCC)c2)c1. The third-order valence-electron chi connectivity index (χ3n) is 9.48. The number of unbranched alkanes of at least 4 members (excludes halogenated alkanes) is 24. The summed E-state index contributed by atoms with van der Waals surface area (Å²) < 4.78 is 6.08. The Morgan fingerprint density at radius 3 is 1.24 bits per heavy atom. The van der Waals surface area contributed by atoms with Gasteiger partial charge < -0.3 is 10.1 Å². The molecule has 2 nitrogen and oxygen atoms in total. The second kappa shape index (κ2) is 29.4. The van der Waals surface area contributed by atoms with Crippen molar-refractivity contribution in [2.75, 3.05) is 12.0 Å². The molecule has 2 heteroatoms. The van der Waals surface area contributed by atoms with E-state index in [-0.39, 0.29) is 0 Å². The maximum atomic E-state index is 6.08. The van der Waals surface area contributed by atoms with Gasteiger partial charge in [-0.15, -0.1) is 0 Å². The lowest BCUT2D eigenvalue weighted by atomic mass is 10.0. The van der Waals surface area contributed by atoms with E-state index in [2.05, 4.69) is 67.7 Å². The standard InChI is InChI=1S/C43H73NO/c1-3-5-7-9-11-13-15-17-19-21-23-25-27-31-40-33-29-35-42(37-40)44-39-45-43-36-30-34-41(38-43)32-28-26-24-22-20-18-16-14-12-10-8-6-4-2/h29-30,33-38,44H,3-28,31-32,39H2,1-2H3. The van der Waals surface area contributed by atoms with E-state index in [1.54, 1.807) is 0 Å². The molecular formula is C43H73NO. The van der Waals surface area contributed by atoms with Crippen molar-refractivity contribution >= 4 is 5.69 Å². The highest BCUT2D eigenvalue weighted by Crippen LogP contribution is 2.19. The zero-order valence-corrected chi connectivity index (χ0v) is 30.0. The first-order valence-electron chi connectivity index (χ1n) is 19.9. The topological polar surface area (TPSA) is 21.3 Å². The third kappa shape index (κ3) is 23.1. The Hall–Kier alpha value is -1.96. The molecule has 45 heavy (non-hydrogen) atoms. The summed E-state index contributed by atoms with van der Waals surface area (Å²) in [5.74, 6) is 0.970. The van der Waals surface area contributed by atoms with Crippen LogP contribution in [-0.2, 0) is 12.8 Å². The van der Waals surface area contributed by atoms with E-state index >= 15 is 0 Å². The second-order valence-corrected chi connectivity index (χ2v) is 13.8. The Kier molecular flexibility index (Phi) is 25.7. The Bertz CT molecular complexity index is 835. The summed E-state index contributed by atoms with van der Waals surface area (Å²) in [5.41, 5.74) is 3.99. The Morgan fingerprint density at radius 1 is 0.422 bits per heavy atom. The van der Waals surface area contributed by atoms with Crippen LogP contribution in [0.5, 0.6) is 5.75 Å². The number of rotatable bonds is 32. The summed E-state index contributed by atoms with van der Waals surface area (Å²) >= 11 is 0. The second-order valence-electron chi connectivity index (χ2n) is 13.8. The predicted molar refractivity (Wildman–Crippen MR) is 201 cm³/mol. The van der Waals surface area contributed by atoms with Crippen LogP contribution < -0.4 is 10.1 Å². The fourth-order valence-electron chi connectivity index (χ4n) is 6.52. The minimum Gasteiger partial charge on any atom is -0.473 e. The smallest absolute Gasteiger partial charge is 0.159 e. The highest BCUT2D eigenvalue weighted by Gasteiger charge is 2.01. The van der Waals surface area contributed by atoms with Crippen LogP contribution in [0.1, 0.15) is 192 Å². The molecule has 0 radical (unpaired) electrons. The van der Waals surface area contributed by atoms with Crippen LogP contribution in [0.2, 0.25) is 0 Å². The first-order valence-corrected chi connectivity index (χ1v) is 19.9. The van der Waals surface area contributed by atoms with Crippen LogP contribution in [0.25, 0.3) is 0 Å². The summed E-state index contributed by atoms with van der Waals surface area (Å²) in [6.45, 7) is 5.10. The average molecular weight is 620 g/mol. The van der Waals surface area contributed by atoms with Crippen molar-refractivity contribution in [2.45, 2.75) is 194 Å². The summed E-state index contributed by atoms with van der Waals surface area (Å²) in [5, 5.41) is 3.48. The number of nitrogens with one attached hydrogen (secondary N) is 1. The Morgan fingerprint density at radius 2 is 0.800 bits per heavy atom. The van der Waals surface area contributed by atoms with Crippen LogP contribution in [0.3, 0.4) is 0 Å². The van der Waals surface area contributed by atoms with E-state index in [0.717, 1.165) is 17.9 Å². The monoisotopic (exact) mass is 620 g/mol. The maximum absolute atomic E-state index is 6.08. The predicted octanol–water partition coefficient (Wildman–Crippen LogP) is 14.4. The molecule has 0 aromatic heterocycles. The van der Waals surface area contributed by atoms with Crippen LogP contribution in [-0.4, -0.2) is 6.73 Å². The highest BCUT2D eigenvalue weighted by atomic mass is 16.5. The van der Waals surface area contributed by atoms with E-state index in [1.165, 1.54) is 184 Å².